The molecule has 0 radical (unpaired) electrons. The number of imidazole rings is 4. The van der Waals surface area contributed by atoms with Crippen molar-refractivity contribution in [1.29, 1.82) is 0 Å². The summed E-state index contributed by atoms with van der Waals surface area (Å²) >= 11 is 0. The molecule has 1 spiro atoms. The molecule has 2 aliphatic heterocycles. The van der Waals surface area contributed by atoms with E-state index in [1.807, 2.05) is 129 Å². The van der Waals surface area contributed by atoms with Gasteiger partial charge >= 0.3 is 0 Å². The third-order valence-electron chi connectivity index (χ3n) is 12.7. The lowest BCUT2D eigenvalue weighted by Gasteiger charge is -2.45. The van der Waals surface area contributed by atoms with Crippen LogP contribution in [0.25, 0.3) is 67.1 Å². The topological polar surface area (TPSA) is 62.9 Å². The molecular formula is C53H34N6O2. The minimum atomic E-state index is -2.44. The van der Waals surface area contributed by atoms with Crippen LogP contribution in [0.15, 0.2) is 170 Å². The zero-order valence-electron chi connectivity index (χ0n) is 38.2. The van der Waals surface area contributed by atoms with E-state index in [-0.39, 0.29) is 11.1 Å². The Labute approximate surface area is 357 Å². The average Bonchev–Trinajstić information content (AvgIpc) is 4.07. The molecule has 8 aromatic carbocycles. The number of nitrogens with zero attached hydrogens (tertiary/aromatic N) is 6. The minimum absolute atomic E-state index is 0.145. The fraction of sp³-hybridized carbons (Fsp3) is 0.0566. The predicted octanol–water partition coefficient (Wildman–Crippen LogP) is 12.4. The maximum Gasteiger partial charge on any atom is 0.220 e. The first kappa shape index (κ1) is 27.6. The van der Waals surface area contributed by atoms with Gasteiger partial charge < -0.3 is 9.47 Å². The number of hydrogen-bond donors (Lipinski definition) is 0. The highest BCUT2D eigenvalue weighted by Gasteiger charge is 2.51. The summed E-state index contributed by atoms with van der Waals surface area (Å²) in [5, 5.41) is 0. The zero-order valence-corrected chi connectivity index (χ0v) is 32.2. The molecule has 0 saturated carbocycles. The van der Waals surface area contributed by atoms with Crippen molar-refractivity contribution in [2.45, 2.75) is 19.1 Å². The highest BCUT2D eigenvalue weighted by atomic mass is 16.5. The van der Waals surface area contributed by atoms with Crippen LogP contribution in [-0.4, -0.2) is 27.9 Å². The van der Waals surface area contributed by atoms with E-state index in [2.05, 4.69) is 34.9 Å². The number of para-hydroxylation sites is 8. The monoisotopic (exact) mass is 792 g/mol. The Balaban J connectivity index is 1.10. The smallest absolute Gasteiger partial charge is 0.220 e. The van der Waals surface area contributed by atoms with Gasteiger partial charge in [-0.1, -0.05) is 103 Å². The molecule has 0 aliphatic carbocycles. The quantitative estimate of drug-likeness (QED) is 0.175. The molecule has 0 atom stereocenters. The van der Waals surface area contributed by atoms with Gasteiger partial charge in [-0.05, 0) is 91.6 Å². The molecule has 0 N–H and O–H groups in total. The van der Waals surface area contributed by atoms with Gasteiger partial charge in [0.2, 0.25) is 11.6 Å². The van der Waals surface area contributed by atoms with Gasteiger partial charge in [0.1, 0.15) is 17.2 Å². The van der Waals surface area contributed by atoms with Gasteiger partial charge in [0.15, 0.2) is 5.75 Å². The van der Waals surface area contributed by atoms with Gasteiger partial charge in [-0.3, -0.25) is 17.9 Å². The normalized spacial score (nSPS) is 15.7. The van der Waals surface area contributed by atoms with Gasteiger partial charge in [0.25, 0.3) is 0 Å². The maximum atomic E-state index is 8.57. The first-order valence-corrected chi connectivity index (χ1v) is 20.2. The van der Waals surface area contributed by atoms with Gasteiger partial charge in [0.05, 0.1) is 60.9 Å². The lowest BCUT2D eigenvalue weighted by atomic mass is 9.62. The highest BCUT2D eigenvalue weighted by Crippen LogP contribution is 2.62. The first-order valence-electron chi connectivity index (χ1n) is 23.2. The van der Waals surface area contributed by atoms with Gasteiger partial charge in [-0.2, -0.15) is 0 Å². The first-order chi connectivity index (χ1) is 32.5. The van der Waals surface area contributed by atoms with Crippen molar-refractivity contribution in [3.63, 3.8) is 0 Å². The van der Waals surface area contributed by atoms with Crippen LogP contribution in [0.5, 0.6) is 23.0 Å². The zero-order chi connectivity index (χ0) is 45.1. The average molecular weight is 793 g/mol. The Morgan fingerprint density at radius 3 is 1.61 bits per heavy atom. The summed E-state index contributed by atoms with van der Waals surface area (Å²) in [7, 11) is 0. The second-order valence-corrected chi connectivity index (χ2v) is 15.8. The molecule has 6 heterocycles. The van der Waals surface area contributed by atoms with E-state index >= 15 is 0 Å². The number of benzene rings is 8. The van der Waals surface area contributed by atoms with Gasteiger partial charge in [0, 0.05) is 30.5 Å². The summed E-state index contributed by atoms with van der Waals surface area (Å²) in [6.07, 6.45) is 0. The maximum absolute atomic E-state index is 8.57. The summed E-state index contributed by atoms with van der Waals surface area (Å²) in [6.45, 7) is -4.81. The largest absolute Gasteiger partial charge is 0.457 e. The van der Waals surface area contributed by atoms with Crippen LogP contribution in [0, 0.1) is 13.7 Å². The van der Waals surface area contributed by atoms with Crippen LogP contribution in [0.4, 0.5) is 0 Å². The molecule has 2 aliphatic rings. The van der Waals surface area contributed by atoms with E-state index in [0.717, 1.165) is 61.5 Å². The Morgan fingerprint density at radius 1 is 0.443 bits per heavy atom. The van der Waals surface area contributed by atoms with E-state index in [1.54, 1.807) is 24.3 Å². The molecule has 288 valence electrons. The molecule has 8 heteroatoms. The molecular weight excluding hydrogens is 753 g/mol. The van der Waals surface area contributed by atoms with Crippen LogP contribution in [0.3, 0.4) is 0 Å². The van der Waals surface area contributed by atoms with Crippen LogP contribution in [0.1, 0.15) is 41.6 Å². The highest BCUT2D eigenvalue weighted by molar-refractivity contribution is 5.97. The second kappa shape index (κ2) is 11.5. The van der Waals surface area contributed by atoms with Crippen molar-refractivity contribution < 1.29 is 17.7 Å². The fourth-order valence-corrected chi connectivity index (χ4v) is 10.3. The molecule has 0 bridgehead atoms. The Kier molecular flexibility index (Phi) is 5.22. The molecule has 14 rings (SSSR count). The van der Waals surface area contributed by atoms with E-state index in [0.29, 0.717) is 50.8 Å². The fourth-order valence-electron chi connectivity index (χ4n) is 10.3. The summed E-state index contributed by atoms with van der Waals surface area (Å²) in [5.74, 6) is 3.85. The molecule has 12 aromatic rings. The standard InChI is InChI=1S/C53H34N6O2/c1-31-14-11-22-41-48(31)54-51-56(38-20-6-7-21-39(38)57(41)51)33-28-29-40-44(30-33)59-42-23-12-15-32(2)49(42)55-52(59)58(40)43-24-13-19-37-50(43)61-47-27-10-5-18-36(47)53(37)34-16-3-8-25-45(34)60-46-26-9-4-17-35(46)53/h3-30H,1-2H3/i1D3,2D3. The van der Waals surface area contributed by atoms with Crippen LogP contribution < -0.4 is 9.47 Å². The third kappa shape index (κ3) is 4.04. The third-order valence-corrected chi connectivity index (χ3v) is 12.7. The Bertz CT molecular complexity index is 4050. The SMILES string of the molecule is [2H]C([2H])([2H])c1cccc2c1nc1n(-c3ccc4c(c3)n3c5cccc(C([2H])([2H])[2H])c5nc3n4-c3cccc4c3Oc3ccccc3C43c4ccccc4Oc4ccccc43)c3ccccc3n21. The summed E-state index contributed by atoms with van der Waals surface area (Å²) < 4.78 is 72.6. The lowest BCUT2D eigenvalue weighted by Crippen LogP contribution is -2.37. The number of fused-ring (bicyclic) bond motifs is 18. The Morgan fingerprint density at radius 2 is 0.951 bits per heavy atom. The van der Waals surface area contributed by atoms with E-state index in [4.69, 9.17) is 27.7 Å². The van der Waals surface area contributed by atoms with E-state index < -0.39 is 19.1 Å². The summed E-state index contributed by atoms with van der Waals surface area (Å²) in [6, 6.07) is 55.3. The molecule has 0 unspecified atom stereocenters. The molecule has 0 amide bonds. The molecule has 61 heavy (non-hydrogen) atoms. The van der Waals surface area contributed by atoms with Gasteiger partial charge in [-0.15, -0.1) is 0 Å². The number of aromatic nitrogens is 6. The number of aryl methyl sites for hydroxylation is 2. The number of rotatable bonds is 2. The van der Waals surface area contributed by atoms with Crippen molar-refractivity contribution in [2.24, 2.45) is 0 Å². The van der Waals surface area contributed by atoms with Crippen molar-refractivity contribution in [2.75, 3.05) is 0 Å². The lowest BCUT2D eigenvalue weighted by molar-refractivity contribution is 0.398. The molecule has 0 saturated heterocycles. The van der Waals surface area contributed by atoms with Crippen LogP contribution in [-0.2, 0) is 5.41 Å². The Hall–Kier alpha value is -8.10. The van der Waals surface area contributed by atoms with Crippen LogP contribution in [0.2, 0.25) is 0 Å². The second-order valence-electron chi connectivity index (χ2n) is 15.8. The van der Waals surface area contributed by atoms with Crippen molar-refractivity contribution in [3.05, 3.63) is 203 Å². The van der Waals surface area contributed by atoms with Crippen molar-refractivity contribution >= 4 is 55.7 Å². The predicted molar refractivity (Wildman–Crippen MR) is 241 cm³/mol. The van der Waals surface area contributed by atoms with E-state index in [9.17, 15) is 0 Å². The molecule has 4 aromatic heterocycles. The van der Waals surface area contributed by atoms with E-state index in [1.165, 1.54) is 0 Å². The summed E-state index contributed by atoms with van der Waals surface area (Å²) in [4.78, 5) is 10.3. The van der Waals surface area contributed by atoms with Crippen LogP contribution >= 0.6 is 0 Å². The summed E-state index contributed by atoms with van der Waals surface area (Å²) in [5.41, 5.74) is 10.1. The van der Waals surface area contributed by atoms with Crippen molar-refractivity contribution in [1.82, 2.24) is 27.9 Å². The van der Waals surface area contributed by atoms with Gasteiger partial charge in [-0.25, -0.2) is 9.97 Å². The molecule has 8 nitrogen and oxygen atoms in total. The van der Waals surface area contributed by atoms with Crippen molar-refractivity contribution in [3.8, 4) is 34.4 Å². The molecule has 0 fully saturated rings. The number of ether oxygens (including phenoxy) is 2. The minimum Gasteiger partial charge on any atom is -0.457 e. The number of hydrogen-bond acceptors (Lipinski definition) is 4.